The minimum atomic E-state index is -1.93. The van der Waals surface area contributed by atoms with Crippen molar-refractivity contribution in [3.8, 4) is 0 Å². The lowest BCUT2D eigenvalue weighted by molar-refractivity contribution is -0.459. The molecular weight excluding hydrogens is 492 g/mol. The van der Waals surface area contributed by atoms with Gasteiger partial charge in [-0.2, -0.15) is 0 Å². The molecule has 0 amide bonds. The molecule has 0 aromatic rings. The Hall–Kier alpha value is -1.07. The fourth-order valence-electron chi connectivity index (χ4n) is 10.4. The first-order valence-corrected chi connectivity index (χ1v) is 14.6. The van der Waals surface area contributed by atoms with Crippen LogP contribution in [0.5, 0.6) is 0 Å². The van der Waals surface area contributed by atoms with E-state index in [-0.39, 0.29) is 60.3 Å². The van der Waals surface area contributed by atoms with Gasteiger partial charge < -0.3 is 39.4 Å². The number of ether oxygens (including phenoxy) is 4. The minimum Gasteiger partial charge on any atom is -0.458 e. The second kappa shape index (κ2) is 8.47. The van der Waals surface area contributed by atoms with Crippen LogP contribution in [0.15, 0.2) is 11.6 Å². The maximum absolute atomic E-state index is 12.5. The first-order chi connectivity index (χ1) is 18.0. The molecule has 3 heterocycles. The van der Waals surface area contributed by atoms with E-state index in [0.29, 0.717) is 25.9 Å². The third-order valence-electron chi connectivity index (χ3n) is 12.3. The summed E-state index contributed by atoms with van der Waals surface area (Å²) in [6.45, 7) is 4.36. The zero-order chi connectivity index (χ0) is 26.7. The van der Waals surface area contributed by atoms with E-state index in [9.17, 15) is 25.2 Å². The summed E-state index contributed by atoms with van der Waals surface area (Å²) < 4.78 is 23.6. The van der Waals surface area contributed by atoms with Gasteiger partial charge in [-0.25, -0.2) is 4.79 Å². The van der Waals surface area contributed by atoms with E-state index in [0.717, 1.165) is 37.7 Å². The zero-order valence-electron chi connectivity index (χ0n) is 22.4. The molecule has 0 radical (unpaired) electrons. The van der Waals surface area contributed by atoms with E-state index in [1.807, 2.05) is 6.92 Å². The molecule has 7 aliphatic rings. The maximum Gasteiger partial charge on any atom is 0.331 e. The van der Waals surface area contributed by atoms with Crippen LogP contribution >= 0.6 is 0 Å². The molecule has 9 nitrogen and oxygen atoms in total. The van der Waals surface area contributed by atoms with Gasteiger partial charge in [0.05, 0.1) is 23.9 Å². The Labute approximate surface area is 223 Å². The Morgan fingerprint density at radius 2 is 1.84 bits per heavy atom. The summed E-state index contributed by atoms with van der Waals surface area (Å²) in [4.78, 5) is 11.8. The largest absolute Gasteiger partial charge is 0.458 e. The van der Waals surface area contributed by atoms with Gasteiger partial charge in [0.15, 0.2) is 0 Å². The number of hydrogen-bond donors (Lipinski definition) is 4. The molecule has 4 aliphatic carbocycles. The Morgan fingerprint density at radius 1 is 1.03 bits per heavy atom. The van der Waals surface area contributed by atoms with Gasteiger partial charge in [0, 0.05) is 29.9 Å². The van der Waals surface area contributed by atoms with Crippen molar-refractivity contribution >= 4 is 5.97 Å². The standard InChI is InChI=1S/C29H42O9/c1-15-9-23(31)29(34)25(36-15)37-21-11-17-3-4-20-19(27(17,14-30)12-22(21)38-29)5-7-26(2)18(6-8-28(20,26)33)16-10-24(32)35-13-16/h10,15,17-23,25,30-31,33-34H,3-9,11-14H2,1-2H3/t15-,17+,18-,19+,20-,21-,22-,23-,25+,26-,27-,28+,29+/m1/s1. The van der Waals surface area contributed by atoms with Crippen LogP contribution in [-0.2, 0) is 23.7 Å². The van der Waals surface area contributed by atoms with Crippen molar-refractivity contribution in [1.82, 2.24) is 0 Å². The molecule has 0 bridgehead atoms. The number of aliphatic hydroxyl groups is 4. The van der Waals surface area contributed by atoms with Gasteiger partial charge in [0.1, 0.15) is 12.7 Å². The smallest absolute Gasteiger partial charge is 0.331 e. The van der Waals surface area contributed by atoms with E-state index in [1.54, 1.807) is 6.08 Å². The molecule has 6 fully saturated rings. The molecule has 13 atom stereocenters. The van der Waals surface area contributed by atoms with Crippen molar-refractivity contribution in [2.75, 3.05) is 13.2 Å². The Kier molecular flexibility index (Phi) is 5.77. The molecule has 0 spiro atoms. The highest BCUT2D eigenvalue weighted by atomic mass is 16.8. The SMILES string of the molecule is C[C@@H]1C[C@@H](O)[C@]2(O)O[C@@H]3C[C@@]4(CO)[C@@H](CC[C@@H]5[C@@H]4CC[C@]4(C)[C@@H](C6=CC(=O)OC6)CC[C@]54O)C[C@H]3O[C@@H]2O1. The van der Waals surface area contributed by atoms with Crippen molar-refractivity contribution in [2.45, 2.75) is 114 Å². The molecule has 2 saturated heterocycles. The first-order valence-electron chi connectivity index (χ1n) is 14.6. The zero-order valence-corrected chi connectivity index (χ0v) is 22.4. The van der Waals surface area contributed by atoms with Gasteiger partial charge >= 0.3 is 5.97 Å². The number of fused-ring (bicyclic) bond motifs is 7. The molecule has 38 heavy (non-hydrogen) atoms. The maximum atomic E-state index is 12.5. The van der Waals surface area contributed by atoms with Gasteiger partial charge in [-0.15, -0.1) is 0 Å². The monoisotopic (exact) mass is 534 g/mol. The van der Waals surface area contributed by atoms with Crippen LogP contribution in [0.4, 0.5) is 0 Å². The van der Waals surface area contributed by atoms with Crippen molar-refractivity contribution < 1.29 is 44.2 Å². The van der Waals surface area contributed by atoms with E-state index >= 15 is 0 Å². The van der Waals surface area contributed by atoms with E-state index in [4.69, 9.17) is 18.9 Å². The lowest BCUT2D eigenvalue weighted by Gasteiger charge is -2.66. The summed E-state index contributed by atoms with van der Waals surface area (Å²) in [6.07, 6.45) is 4.93. The summed E-state index contributed by atoms with van der Waals surface area (Å²) in [5.74, 6) is -1.73. The Balaban J connectivity index is 1.18. The van der Waals surface area contributed by atoms with Crippen LogP contribution in [0, 0.1) is 34.5 Å². The molecule has 9 heteroatoms. The van der Waals surface area contributed by atoms with Crippen molar-refractivity contribution in [3.05, 3.63) is 11.6 Å². The molecular formula is C29H42O9. The fourth-order valence-corrected chi connectivity index (χ4v) is 10.4. The number of rotatable bonds is 2. The predicted molar refractivity (Wildman–Crippen MR) is 132 cm³/mol. The second-order valence-corrected chi connectivity index (χ2v) is 13.7. The molecule has 7 rings (SSSR count). The highest BCUT2D eigenvalue weighted by Gasteiger charge is 2.70. The number of aliphatic hydroxyl groups excluding tert-OH is 2. The molecule has 4 saturated carbocycles. The summed E-state index contributed by atoms with van der Waals surface area (Å²) in [7, 11) is 0. The third kappa shape index (κ3) is 3.27. The van der Waals surface area contributed by atoms with Crippen LogP contribution in [-0.4, -0.2) is 81.7 Å². The average molecular weight is 535 g/mol. The van der Waals surface area contributed by atoms with Gasteiger partial charge in [-0.3, -0.25) is 0 Å². The van der Waals surface area contributed by atoms with Gasteiger partial charge in [0.2, 0.25) is 12.1 Å². The highest BCUT2D eigenvalue weighted by Crippen LogP contribution is 2.70. The van der Waals surface area contributed by atoms with Crippen molar-refractivity contribution in [2.24, 2.45) is 34.5 Å². The predicted octanol–water partition coefficient (Wildman–Crippen LogP) is 1.79. The van der Waals surface area contributed by atoms with Crippen LogP contribution in [0.25, 0.3) is 0 Å². The lowest BCUT2D eigenvalue weighted by atomic mass is 9.42. The molecule has 0 aromatic heterocycles. The normalized spacial score (nSPS) is 57.6. The molecule has 4 N–H and O–H groups in total. The topological polar surface area (TPSA) is 135 Å². The van der Waals surface area contributed by atoms with E-state index in [2.05, 4.69) is 6.92 Å². The quantitative estimate of drug-likeness (QED) is 0.309. The van der Waals surface area contributed by atoms with Crippen LogP contribution in [0.1, 0.15) is 71.6 Å². The number of carbonyl (C=O) groups is 1. The van der Waals surface area contributed by atoms with Crippen molar-refractivity contribution in [1.29, 1.82) is 0 Å². The lowest BCUT2D eigenvalue weighted by Crippen LogP contribution is -2.71. The van der Waals surface area contributed by atoms with Crippen LogP contribution in [0.2, 0.25) is 0 Å². The Morgan fingerprint density at radius 3 is 2.58 bits per heavy atom. The minimum absolute atomic E-state index is 0.00687. The number of hydrogen-bond acceptors (Lipinski definition) is 9. The summed E-state index contributed by atoms with van der Waals surface area (Å²) in [6, 6.07) is 0. The van der Waals surface area contributed by atoms with E-state index in [1.165, 1.54) is 0 Å². The Bertz CT molecular complexity index is 1030. The summed E-state index contributed by atoms with van der Waals surface area (Å²) in [5, 5.41) is 45.5. The summed E-state index contributed by atoms with van der Waals surface area (Å²) in [5.41, 5.74) is -0.670. The van der Waals surface area contributed by atoms with Crippen LogP contribution in [0.3, 0.4) is 0 Å². The number of carbonyl (C=O) groups excluding carboxylic acids is 1. The molecule has 3 aliphatic heterocycles. The van der Waals surface area contributed by atoms with Gasteiger partial charge in [-0.05, 0) is 87.5 Å². The number of esters is 1. The van der Waals surface area contributed by atoms with Crippen molar-refractivity contribution in [3.63, 3.8) is 0 Å². The van der Waals surface area contributed by atoms with Crippen LogP contribution < -0.4 is 0 Å². The average Bonchev–Trinajstić information content (AvgIpc) is 3.42. The van der Waals surface area contributed by atoms with Gasteiger partial charge in [0.25, 0.3) is 0 Å². The fraction of sp³-hybridized carbons (Fsp3) is 0.897. The molecule has 212 valence electrons. The first kappa shape index (κ1) is 25.9. The second-order valence-electron chi connectivity index (χ2n) is 13.7. The summed E-state index contributed by atoms with van der Waals surface area (Å²) >= 11 is 0. The van der Waals surface area contributed by atoms with Gasteiger partial charge in [-0.1, -0.05) is 6.92 Å². The third-order valence-corrected chi connectivity index (χ3v) is 12.3. The van der Waals surface area contributed by atoms with E-state index < -0.39 is 35.3 Å². The molecule has 0 unspecified atom stereocenters. The number of cyclic esters (lactones) is 1. The molecule has 0 aromatic carbocycles. The highest BCUT2D eigenvalue weighted by molar-refractivity contribution is 5.85.